The first-order valence-electron chi connectivity index (χ1n) is 10.8. The standard InChI is InChI=1S/C20H27F3N3O8PS2/c1-5-7-8-9-14-25(37(32,33)20(21,22)23)35(31,36-15(3)6-2)24(4)18(27)19(28)34-17-12-10-16(11-13-17)26(29)30/h8-13,15H,5-7,14H2,1-4H3. The summed E-state index contributed by atoms with van der Waals surface area (Å²) in [6.07, 6.45) is 3.75. The summed E-state index contributed by atoms with van der Waals surface area (Å²) >= 11 is 0.318. The first-order valence-corrected chi connectivity index (χ1v) is 15.3. The summed E-state index contributed by atoms with van der Waals surface area (Å²) in [5.74, 6) is -3.69. The van der Waals surface area contributed by atoms with Crippen molar-refractivity contribution in [2.45, 2.75) is 50.8 Å². The van der Waals surface area contributed by atoms with Crippen LogP contribution in [-0.2, 0) is 24.2 Å². The predicted octanol–water partition coefficient (Wildman–Crippen LogP) is 5.11. The van der Waals surface area contributed by atoms with Crippen LogP contribution in [0.3, 0.4) is 0 Å². The zero-order valence-corrected chi connectivity index (χ0v) is 22.9. The number of non-ortho nitro benzene ring substituents is 1. The molecule has 0 aliphatic heterocycles. The van der Waals surface area contributed by atoms with Crippen LogP contribution in [-0.4, -0.2) is 58.3 Å². The van der Waals surface area contributed by atoms with Crippen molar-refractivity contribution in [1.29, 1.82) is 0 Å². The SMILES string of the molecule is CCCC=CCN(P(=O)(SC(C)CC)N(C)C(=O)C(=O)Oc1ccc([N+](=O)[O-])cc1)S(=O)(=O)C(F)(F)F. The molecule has 37 heavy (non-hydrogen) atoms. The van der Waals surface area contributed by atoms with E-state index in [4.69, 9.17) is 4.74 Å². The Morgan fingerprint density at radius 3 is 2.24 bits per heavy atom. The molecular weight excluding hydrogens is 562 g/mol. The topological polar surface area (TPSA) is 144 Å². The van der Waals surface area contributed by atoms with Crippen LogP contribution in [0.1, 0.15) is 40.0 Å². The number of nitro benzene ring substituents is 1. The summed E-state index contributed by atoms with van der Waals surface area (Å²) in [6, 6.07) is 3.94. The Balaban J connectivity index is 3.48. The maximum atomic E-state index is 14.1. The van der Waals surface area contributed by atoms with Crippen LogP contribution in [0, 0.1) is 10.1 Å². The number of carbonyl (C=O) groups is 2. The van der Waals surface area contributed by atoms with E-state index in [1.807, 2.05) is 0 Å². The van der Waals surface area contributed by atoms with Gasteiger partial charge in [-0.05, 0) is 25.0 Å². The van der Waals surface area contributed by atoms with Gasteiger partial charge in [0.05, 0.1) is 4.92 Å². The van der Waals surface area contributed by atoms with Crippen LogP contribution in [0.2, 0.25) is 0 Å². The number of esters is 1. The van der Waals surface area contributed by atoms with Gasteiger partial charge in [0.2, 0.25) is 0 Å². The highest BCUT2D eigenvalue weighted by Gasteiger charge is 2.58. The van der Waals surface area contributed by atoms with Crippen LogP contribution in [0.25, 0.3) is 0 Å². The molecule has 2 atom stereocenters. The highest BCUT2D eigenvalue weighted by molar-refractivity contribution is 8.58. The van der Waals surface area contributed by atoms with E-state index in [9.17, 15) is 45.9 Å². The molecule has 1 aromatic rings. The minimum Gasteiger partial charge on any atom is -0.419 e. The van der Waals surface area contributed by atoms with Gasteiger partial charge >= 0.3 is 34.1 Å². The van der Waals surface area contributed by atoms with Gasteiger partial charge in [0.15, 0.2) is 0 Å². The summed E-state index contributed by atoms with van der Waals surface area (Å²) < 4.78 is 84.4. The van der Waals surface area contributed by atoms with Gasteiger partial charge in [-0.1, -0.05) is 50.7 Å². The molecule has 1 rings (SSSR count). The molecular formula is C20H27F3N3O8PS2. The number of sulfonamides is 1. The minimum atomic E-state index is -6.22. The summed E-state index contributed by atoms with van der Waals surface area (Å²) in [7, 11) is -5.48. The van der Waals surface area contributed by atoms with E-state index >= 15 is 0 Å². The quantitative estimate of drug-likeness (QED) is 0.0618. The third-order valence-electron chi connectivity index (χ3n) is 4.73. The number of nitro groups is 1. The molecule has 0 fully saturated rings. The van der Waals surface area contributed by atoms with Gasteiger partial charge in [-0.3, -0.25) is 24.1 Å². The van der Waals surface area contributed by atoms with Gasteiger partial charge in [0.25, 0.3) is 5.69 Å². The number of rotatable bonds is 12. The van der Waals surface area contributed by atoms with Crippen molar-refractivity contribution in [1.82, 2.24) is 8.75 Å². The second-order valence-electron chi connectivity index (χ2n) is 7.50. The Bertz CT molecular complexity index is 1160. The summed E-state index contributed by atoms with van der Waals surface area (Å²) in [4.78, 5) is 35.3. The molecule has 0 saturated heterocycles. The largest absolute Gasteiger partial charge is 0.512 e. The Morgan fingerprint density at radius 2 is 1.78 bits per heavy atom. The lowest BCUT2D eigenvalue weighted by atomic mass is 10.3. The van der Waals surface area contributed by atoms with Crippen molar-refractivity contribution >= 4 is 45.6 Å². The average molecular weight is 590 g/mol. The molecule has 0 aliphatic carbocycles. The van der Waals surface area contributed by atoms with Crippen LogP contribution in [0.5, 0.6) is 5.75 Å². The maximum Gasteiger partial charge on any atom is 0.512 e. The number of likely N-dealkylation sites (N-methyl/N-ethyl adjacent to an activating group) is 1. The second-order valence-corrected chi connectivity index (χ2v) is 14.8. The monoisotopic (exact) mass is 589 g/mol. The number of ether oxygens (including phenoxy) is 1. The van der Waals surface area contributed by atoms with Crippen molar-refractivity contribution in [2.24, 2.45) is 0 Å². The third kappa shape index (κ3) is 8.28. The zero-order chi connectivity index (χ0) is 28.6. The normalized spacial score (nSPS) is 14.8. The van der Waals surface area contributed by atoms with Crippen molar-refractivity contribution in [3.8, 4) is 5.75 Å². The lowest BCUT2D eigenvalue weighted by Crippen LogP contribution is -2.44. The molecule has 0 aliphatic rings. The molecule has 0 heterocycles. The zero-order valence-electron chi connectivity index (χ0n) is 20.4. The van der Waals surface area contributed by atoms with E-state index in [2.05, 4.69) is 0 Å². The van der Waals surface area contributed by atoms with E-state index < -0.39 is 50.8 Å². The fraction of sp³-hybridized carbons (Fsp3) is 0.500. The number of halogens is 3. The number of allylic oxidation sites excluding steroid dienone is 1. The molecule has 0 saturated carbocycles. The van der Waals surface area contributed by atoms with Gasteiger partial charge in [-0.15, -0.1) is 4.08 Å². The van der Waals surface area contributed by atoms with Crippen LogP contribution < -0.4 is 4.74 Å². The van der Waals surface area contributed by atoms with E-state index in [1.54, 1.807) is 13.8 Å². The second kappa shape index (κ2) is 13.4. The van der Waals surface area contributed by atoms with E-state index in [0.29, 0.717) is 24.2 Å². The number of amides is 1. The summed E-state index contributed by atoms with van der Waals surface area (Å²) in [6.45, 7) is -1.13. The van der Waals surface area contributed by atoms with Gasteiger partial charge in [-0.25, -0.2) is 13.2 Å². The molecule has 0 N–H and O–H groups in total. The number of alkyl halides is 3. The smallest absolute Gasteiger partial charge is 0.419 e. The number of carbonyl (C=O) groups excluding carboxylic acids is 2. The van der Waals surface area contributed by atoms with Crippen LogP contribution in [0.4, 0.5) is 18.9 Å². The lowest BCUT2D eigenvalue weighted by Gasteiger charge is -2.36. The predicted molar refractivity (Wildman–Crippen MR) is 132 cm³/mol. The molecule has 0 radical (unpaired) electrons. The van der Waals surface area contributed by atoms with Crippen molar-refractivity contribution in [3.05, 3.63) is 46.5 Å². The van der Waals surface area contributed by atoms with E-state index in [-0.39, 0.29) is 26.6 Å². The minimum absolute atomic E-state index is 0.147. The lowest BCUT2D eigenvalue weighted by molar-refractivity contribution is -0.384. The molecule has 17 heteroatoms. The maximum absolute atomic E-state index is 14.1. The summed E-state index contributed by atoms with van der Waals surface area (Å²) in [5.41, 5.74) is -6.19. The van der Waals surface area contributed by atoms with Crippen LogP contribution >= 0.6 is 18.0 Å². The van der Waals surface area contributed by atoms with Crippen molar-refractivity contribution < 1.29 is 45.4 Å². The van der Waals surface area contributed by atoms with Crippen LogP contribution in [0.15, 0.2) is 36.4 Å². The molecule has 0 aromatic heterocycles. The third-order valence-corrected chi connectivity index (χ3v) is 13.5. The van der Waals surface area contributed by atoms with Gasteiger partial charge in [0, 0.05) is 31.0 Å². The number of nitrogens with zero attached hydrogens (tertiary/aromatic N) is 3. The molecule has 11 nitrogen and oxygen atoms in total. The van der Waals surface area contributed by atoms with E-state index in [1.165, 1.54) is 13.0 Å². The highest BCUT2D eigenvalue weighted by Crippen LogP contribution is 2.67. The molecule has 0 bridgehead atoms. The Kier molecular flexibility index (Phi) is 11.8. The van der Waals surface area contributed by atoms with Crippen molar-refractivity contribution in [2.75, 3.05) is 13.6 Å². The molecule has 1 amide bonds. The molecule has 208 valence electrons. The van der Waals surface area contributed by atoms with Gasteiger partial charge in [0.1, 0.15) is 5.75 Å². The summed E-state index contributed by atoms with van der Waals surface area (Å²) in [5, 5.41) is 10.1. The van der Waals surface area contributed by atoms with Crippen molar-refractivity contribution in [3.63, 3.8) is 0 Å². The first kappa shape index (κ1) is 32.6. The Morgan fingerprint density at radius 1 is 1.22 bits per heavy atom. The molecule has 1 aromatic carbocycles. The Labute approximate surface area is 216 Å². The first-order chi connectivity index (χ1) is 17.0. The van der Waals surface area contributed by atoms with Gasteiger partial charge in [-0.2, -0.15) is 13.2 Å². The van der Waals surface area contributed by atoms with Gasteiger partial charge < -0.3 is 4.74 Å². The van der Waals surface area contributed by atoms with E-state index in [0.717, 1.165) is 37.4 Å². The molecule has 2 unspecified atom stereocenters. The number of hydrogen-bond acceptors (Lipinski definition) is 9. The average Bonchev–Trinajstić information content (AvgIpc) is 2.82. The number of unbranched alkanes of at least 4 members (excludes halogenated alkanes) is 1. The Hall–Kier alpha value is -2.42. The molecule has 0 spiro atoms. The highest BCUT2D eigenvalue weighted by atomic mass is 32.7. The number of hydrogen-bond donors (Lipinski definition) is 0. The fourth-order valence-electron chi connectivity index (χ4n) is 2.52. The fourth-order valence-corrected chi connectivity index (χ4v) is 10.7. The number of benzene rings is 1.